The van der Waals surface area contributed by atoms with Gasteiger partial charge in [-0.15, -0.1) is 0 Å². The highest BCUT2D eigenvalue weighted by atomic mass is 16.5. The molecule has 3 rings (SSSR count). The van der Waals surface area contributed by atoms with Gasteiger partial charge in [-0.2, -0.15) is 5.26 Å². The fourth-order valence-corrected chi connectivity index (χ4v) is 5.07. The third kappa shape index (κ3) is 9.46. The van der Waals surface area contributed by atoms with Crippen LogP contribution in [0.2, 0.25) is 0 Å². The fourth-order valence-electron chi connectivity index (χ4n) is 5.07. The SMILES string of the molecule is CN1CCC(C#N)(NC(=O)[C@H](CC2CCCCC2)N=C(NC(=O)OCC(C)(C)C)N2CCOCC2)CC1.[HH]. The van der Waals surface area contributed by atoms with Gasteiger partial charge in [0.2, 0.25) is 11.9 Å². The quantitative estimate of drug-likeness (QED) is 0.408. The van der Waals surface area contributed by atoms with Crippen LogP contribution in [0.15, 0.2) is 4.99 Å². The van der Waals surface area contributed by atoms with Crippen LogP contribution >= 0.6 is 0 Å². The molecule has 10 heteroatoms. The molecule has 2 amide bonds. The number of piperidine rings is 1. The van der Waals surface area contributed by atoms with Gasteiger partial charge in [0.1, 0.15) is 11.6 Å². The molecule has 37 heavy (non-hydrogen) atoms. The minimum atomic E-state index is -0.887. The van der Waals surface area contributed by atoms with E-state index in [0.29, 0.717) is 57.4 Å². The van der Waals surface area contributed by atoms with Gasteiger partial charge in [0, 0.05) is 27.6 Å². The number of ether oxygens (including phenoxy) is 2. The molecule has 0 bridgehead atoms. The van der Waals surface area contributed by atoms with Crippen LogP contribution in [0.25, 0.3) is 0 Å². The Hall–Kier alpha value is -2.38. The van der Waals surface area contributed by atoms with Gasteiger partial charge >= 0.3 is 6.09 Å². The number of rotatable bonds is 6. The van der Waals surface area contributed by atoms with E-state index in [0.717, 1.165) is 38.8 Å². The molecule has 1 aliphatic carbocycles. The first-order valence-corrected chi connectivity index (χ1v) is 13.9. The van der Waals surface area contributed by atoms with Crippen molar-refractivity contribution >= 4 is 18.0 Å². The number of aliphatic imine (C=N–C) groups is 1. The zero-order valence-electron chi connectivity index (χ0n) is 23.2. The van der Waals surface area contributed by atoms with E-state index in [4.69, 9.17) is 14.5 Å². The first-order chi connectivity index (χ1) is 17.6. The highest BCUT2D eigenvalue weighted by molar-refractivity contribution is 5.96. The number of nitriles is 1. The number of morpholine rings is 1. The molecular formula is C27H48N6O4. The van der Waals surface area contributed by atoms with Crippen LogP contribution in [-0.2, 0) is 14.3 Å². The maximum Gasteiger partial charge on any atom is 0.413 e. The first kappa shape index (κ1) is 29.2. The Bertz CT molecular complexity index is 835. The molecule has 2 saturated heterocycles. The first-order valence-electron chi connectivity index (χ1n) is 13.9. The van der Waals surface area contributed by atoms with Gasteiger partial charge in [-0.3, -0.25) is 10.1 Å². The van der Waals surface area contributed by atoms with E-state index in [1.165, 1.54) is 6.42 Å². The summed E-state index contributed by atoms with van der Waals surface area (Å²) in [5.74, 6) is 0.488. The van der Waals surface area contributed by atoms with Crippen molar-refractivity contribution in [1.82, 2.24) is 20.4 Å². The molecule has 3 aliphatic rings. The van der Waals surface area contributed by atoms with Crippen LogP contribution < -0.4 is 10.6 Å². The minimum Gasteiger partial charge on any atom is -0.449 e. The average molecular weight is 521 g/mol. The molecule has 1 saturated carbocycles. The standard InChI is InChI=1S/C27H46N6O4.H2/c1-26(2,3)20-37-25(35)30-24(33-14-16-36-17-15-33)29-22(18-21-8-6-5-7-9-21)23(34)31-27(19-28)10-12-32(4)13-11-27;/h21-22H,5-18,20H2,1-4H3,(H,31,34)(H,29,30,35);1H/t22-;/m0./s1. The Balaban J connectivity index is 0.00000507. The highest BCUT2D eigenvalue weighted by Gasteiger charge is 2.38. The van der Waals surface area contributed by atoms with Crippen molar-refractivity contribution in [1.29, 1.82) is 5.26 Å². The van der Waals surface area contributed by atoms with Crippen molar-refractivity contribution in [3.8, 4) is 6.07 Å². The Morgan fingerprint density at radius 2 is 1.81 bits per heavy atom. The number of nitrogens with one attached hydrogen (secondary N) is 2. The summed E-state index contributed by atoms with van der Waals surface area (Å²) in [5, 5.41) is 15.9. The summed E-state index contributed by atoms with van der Waals surface area (Å²) in [7, 11) is 2.03. The van der Waals surface area contributed by atoms with E-state index in [9.17, 15) is 14.9 Å². The number of guanidine groups is 1. The Morgan fingerprint density at radius 3 is 2.41 bits per heavy atom. The van der Waals surface area contributed by atoms with Crippen LogP contribution in [0.5, 0.6) is 0 Å². The fraction of sp³-hybridized carbons (Fsp3) is 0.852. The average Bonchev–Trinajstić information content (AvgIpc) is 2.89. The van der Waals surface area contributed by atoms with Crippen molar-refractivity contribution in [3.05, 3.63) is 0 Å². The number of hydrogen-bond acceptors (Lipinski definition) is 7. The Kier molecular flexibility index (Phi) is 10.6. The van der Waals surface area contributed by atoms with Crippen LogP contribution in [0.4, 0.5) is 4.79 Å². The van der Waals surface area contributed by atoms with Gasteiger partial charge in [-0.1, -0.05) is 52.9 Å². The zero-order chi connectivity index (χ0) is 26.9. The molecule has 0 aromatic heterocycles. The number of likely N-dealkylation sites (tertiary alicyclic amines) is 1. The summed E-state index contributed by atoms with van der Waals surface area (Å²) in [6.45, 7) is 9.91. The van der Waals surface area contributed by atoms with Crippen molar-refractivity contribution in [2.75, 3.05) is 53.0 Å². The summed E-state index contributed by atoms with van der Waals surface area (Å²) in [6.07, 6.45) is 6.86. The normalized spacial score (nSPS) is 22.6. The van der Waals surface area contributed by atoms with Gasteiger partial charge in [0.25, 0.3) is 0 Å². The highest BCUT2D eigenvalue weighted by Crippen LogP contribution is 2.29. The lowest BCUT2D eigenvalue weighted by atomic mass is 9.84. The van der Waals surface area contributed by atoms with Gasteiger partial charge < -0.3 is 24.6 Å². The number of nitrogens with zero attached hydrogens (tertiary/aromatic N) is 4. The molecule has 2 aliphatic heterocycles. The van der Waals surface area contributed by atoms with Gasteiger partial charge in [0.15, 0.2) is 0 Å². The number of carbonyl (C=O) groups excluding carboxylic acids is 2. The molecule has 1 atom stereocenters. The molecular weight excluding hydrogens is 472 g/mol. The summed E-state index contributed by atoms with van der Waals surface area (Å²) in [4.78, 5) is 35.4. The number of alkyl carbamates (subject to hydrolysis) is 1. The molecule has 0 unspecified atom stereocenters. The lowest BCUT2D eigenvalue weighted by Crippen LogP contribution is -2.56. The smallest absolute Gasteiger partial charge is 0.413 e. The molecule has 0 radical (unpaired) electrons. The lowest BCUT2D eigenvalue weighted by molar-refractivity contribution is -0.124. The summed E-state index contributed by atoms with van der Waals surface area (Å²) < 4.78 is 10.9. The van der Waals surface area contributed by atoms with E-state index in [2.05, 4.69) is 21.6 Å². The van der Waals surface area contributed by atoms with Crippen LogP contribution in [0.1, 0.15) is 73.6 Å². The van der Waals surface area contributed by atoms with Crippen molar-refractivity contribution in [2.24, 2.45) is 16.3 Å². The molecule has 0 aromatic rings. The predicted octanol–water partition coefficient (Wildman–Crippen LogP) is 3.14. The second-order valence-corrected chi connectivity index (χ2v) is 12.1. The summed E-state index contributed by atoms with van der Waals surface area (Å²) in [6, 6.07) is 1.68. The molecule has 2 heterocycles. The second kappa shape index (κ2) is 13.4. The predicted molar refractivity (Wildman–Crippen MR) is 144 cm³/mol. The molecule has 3 fully saturated rings. The maximum atomic E-state index is 13.7. The monoisotopic (exact) mass is 520 g/mol. The van der Waals surface area contributed by atoms with Gasteiger partial charge in [0.05, 0.1) is 25.9 Å². The van der Waals surface area contributed by atoms with E-state index >= 15 is 0 Å². The lowest BCUT2D eigenvalue weighted by Gasteiger charge is -2.37. The summed E-state index contributed by atoms with van der Waals surface area (Å²) in [5.41, 5.74) is -1.06. The largest absolute Gasteiger partial charge is 0.449 e. The molecule has 10 nitrogen and oxygen atoms in total. The van der Waals surface area contributed by atoms with E-state index < -0.39 is 17.7 Å². The molecule has 0 spiro atoms. The summed E-state index contributed by atoms with van der Waals surface area (Å²) >= 11 is 0. The second-order valence-electron chi connectivity index (χ2n) is 12.1. The topological polar surface area (TPSA) is 119 Å². The molecule has 210 valence electrons. The van der Waals surface area contributed by atoms with E-state index in [-0.39, 0.29) is 19.4 Å². The van der Waals surface area contributed by atoms with E-state index in [1.54, 1.807) is 0 Å². The third-order valence-corrected chi connectivity index (χ3v) is 7.44. The number of hydrogen-bond donors (Lipinski definition) is 2. The van der Waals surface area contributed by atoms with Gasteiger partial charge in [-0.05, 0) is 37.6 Å². The van der Waals surface area contributed by atoms with Gasteiger partial charge in [-0.25, -0.2) is 9.79 Å². The molecule has 0 aromatic carbocycles. The third-order valence-electron chi connectivity index (χ3n) is 7.44. The van der Waals surface area contributed by atoms with Crippen LogP contribution in [0, 0.1) is 22.7 Å². The zero-order valence-corrected chi connectivity index (χ0v) is 23.2. The maximum absolute atomic E-state index is 13.7. The van der Waals surface area contributed by atoms with Crippen LogP contribution in [-0.4, -0.2) is 92.4 Å². The number of carbonyl (C=O) groups is 2. The van der Waals surface area contributed by atoms with Crippen LogP contribution in [0.3, 0.4) is 0 Å². The van der Waals surface area contributed by atoms with Crippen molar-refractivity contribution in [3.63, 3.8) is 0 Å². The van der Waals surface area contributed by atoms with Crippen molar-refractivity contribution in [2.45, 2.75) is 83.7 Å². The molecule has 2 N–H and O–H groups in total. The number of amides is 2. The van der Waals surface area contributed by atoms with E-state index in [1.807, 2.05) is 32.7 Å². The van der Waals surface area contributed by atoms with Crippen molar-refractivity contribution < 1.29 is 20.5 Å². The Labute approximate surface area is 223 Å². The minimum absolute atomic E-state index is 0. The Morgan fingerprint density at radius 1 is 1.16 bits per heavy atom.